The zero-order valence-corrected chi connectivity index (χ0v) is 12.2. The molecule has 2 aromatic heterocycles. The predicted octanol–water partition coefficient (Wildman–Crippen LogP) is 2.44. The van der Waals surface area contributed by atoms with Crippen molar-refractivity contribution in [3.05, 3.63) is 28.1 Å². The molecule has 0 fully saturated rings. The molecular formula is C13H20N4S. The second-order valence-corrected chi connectivity index (χ2v) is 5.72. The van der Waals surface area contributed by atoms with Gasteiger partial charge in [-0.15, -0.1) is 11.3 Å². The Kier molecular flexibility index (Phi) is 3.61. The fraction of sp³-hybridized carbons (Fsp3) is 0.462. The van der Waals surface area contributed by atoms with Crippen LogP contribution in [-0.2, 0) is 13.5 Å². The number of hydrogen-bond acceptors (Lipinski definition) is 4. The molecule has 0 aromatic carbocycles. The van der Waals surface area contributed by atoms with Crippen molar-refractivity contribution < 1.29 is 0 Å². The molecule has 0 saturated heterocycles. The molecule has 5 heteroatoms. The van der Waals surface area contributed by atoms with E-state index in [9.17, 15) is 0 Å². The number of hydrogen-bond donors (Lipinski definition) is 1. The number of nitrogens with two attached hydrogens (primary N) is 1. The van der Waals surface area contributed by atoms with Crippen molar-refractivity contribution in [2.45, 2.75) is 26.3 Å². The smallest absolute Gasteiger partial charge is 0.150 e. The second kappa shape index (κ2) is 5.02. The summed E-state index contributed by atoms with van der Waals surface area (Å²) in [5.41, 5.74) is 7.76. The third kappa shape index (κ3) is 2.36. The topological polar surface area (TPSA) is 47.1 Å². The van der Waals surface area contributed by atoms with E-state index < -0.39 is 0 Å². The predicted molar refractivity (Wildman–Crippen MR) is 78.2 cm³/mol. The van der Waals surface area contributed by atoms with Crippen molar-refractivity contribution in [2.24, 2.45) is 7.05 Å². The van der Waals surface area contributed by atoms with Crippen LogP contribution in [0.1, 0.15) is 17.5 Å². The number of aromatic nitrogens is 2. The summed E-state index contributed by atoms with van der Waals surface area (Å²) >= 11 is 1.80. The number of thiophene rings is 1. The SMILES string of the molecule is Cc1nn(C)c(N(C)C(C)Cc2cccs2)c1N. The third-order valence-electron chi connectivity index (χ3n) is 3.31. The quantitative estimate of drug-likeness (QED) is 0.922. The van der Waals surface area contributed by atoms with Crippen molar-refractivity contribution in [2.75, 3.05) is 17.7 Å². The minimum absolute atomic E-state index is 0.390. The molecule has 0 aliphatic carbocycles. The van der Waals surface area contributed by atoms with Crippen molar-refractivity contribution >= 4 is 22.8 Å². The summed E-state index contributed by atoms with van der Waals surface area (Å²) in [7, 11) is 4.01. The highest BCUT2D eigenvalue weighted by Gasteiger charge is 2.19. The van der Waals surface area contributed by atoms with E-state index in [4.69, 9.17) is 5.73 Å². The second-order valence-electron chi connectivity index (χ2n) is 4.69. The molecule has 0 aliphatic rings. The molecule has 0 amide bonds. The maximum atomic E-state index is 6.09. The van der Waals surface area contributed by atoms with E-state index in [0.29, 0.717) is 6.04 Å². The van der Waals surface area contributed by atoms with Gasteiger partial charge in [0, 0.05) is 31.4 Å². The molecule has 98 valence electrons. The Morgan fingerprint density at radius 1 is 1.56 bits per heavy atom. The molecule has 1 atom stereocenters. The average molecular weight is 264 g/mol. The zero-order valence-electron chi connectivity index (χ0n) is 11.3. The van der Waals surface area contributed by atoms with Gasteiger partial charge in [-0.2, -0.15) is 5.10 Å². The van der Waals surface area contributed by atoms with Crippen LogP contribution in [0, 0.1) is 6.92 Å². The summed E-state index contributed by atoms with van der Waals surface area (Å²) < 4.78 is 1.86. The molecule has 2 aromatic rings. The molecule has 0 radical (unpaired) electrons. The van der Waals surface area contributed by atoms with Crippen LogP contribution in [0.25, 0.3) is 0 Å². The third-order valence-corrected chi connectivity index (χ3v) is 4.21. The molecule has 1 unspecified atom stereocenters. The first-order valence-electron chi connectivity index (χ1n) is 6.05. The lowest BCUT2D eigenvalue weighted by atomic mass is 10.2. The van der Waals surface area contributed by atoms with Crippen LogP contribution in [0.4, 0.5) is 11.5 Å². The molecule has 0 aliphatic heterocycles. The summed E-state index contributed by atoms with van der Waals surface area (Å²) in [6.45, 7) is 4.15. The van der Waals surface area contributed by atoms with Gasteiger partial charge in [-0.25, -0.2) is 0 Å². The Bertz CT molecular complexity index is 515. The summed E-state index contributed by atoms with van der Waals surface area (Å²) in [6.07, 6.45) is 1.03. The van der Waals surface area contributed by atoms with Gasteiger partial charge in [0.15, 0.2) is 0 Å². The Morgan fingerprint density at radius 3 is 2.78 bits per heavy atom. The molecule has 0 bridgehead atoms. The van der Waals surface area contributed by atoms with Crippen molar-refractivity contribution in [3.63, 3.8) is 0 Å². The Labute approximate surface area is 112 Å². The van der Waals surface area contributed by atoms with E-state index in [2.05, 4.69) is 41.5 Å². The highest BCUT2D eigenvalue weighted by molar-refractivity contribution is 7.09. The minimum atomic E-state index is 0.390. The lowest BCUT2D eigenvalue weighted by molar-refractivity contribution is 0.646. The maximum absolute atomic E-state index is 6.09. The Hall–Kier alpha value is -1.49. The van der Waals surface area contributed by atoms with Crippen LogP contribution < -0.4 is 10.6 Å². The summed E-state index contributed by atoms with van der Waals surface area (Å²) in [5.74, 6) is 0.997. The molecule has 2 N–H and O–H groups in total. The maximum Gasteiger partial charge on any atom is 0.150 e. The lowest BCUT2D eigenvalue weighted by Crippen LogP contribution is -2.32. The number of rotatable bonds is 4. The average Bonchev–Trinajstić information content (AvgIpc) is 2.88. The fourth-order valence-electron chi connectivity index (χ4n) is 2.15. The standard InChI is InChI=1S/C13H20N4S/c1-9(8-11-6-5-7-18-11)16(3)13-12(14)10(2)15-17(13)4/h5-7,9H,8,14H2,1-4H3. The first-order chi connectivity index (χ1) is 8.50. The molecule has 0 saturated carbocycles. The van der Waals surface area contributed by atoms with Gasteiger partial charge < -0.3 is 10.6 Å². The molecule has 4 nitrogen and oxygen atoms in total. The molecule has 18 heavy (non-hydrogen) atoms. The van der Waals surface area contributed by atoms with Crippen LogP contribution in [0.15, 0.2) is 17.5 Å². The van der Waals surface area contributed by atoms with Crippen LogP contribution in [-0.4, -0.2) is 22.9 Å². The van der Waals surface area contributed by atoms with Crippen LogP contribution in [0.3, 0.4) is 0 Å². The fourth-order valence-corrected chi connectivity index (χ4v) is 2.97. The number of anilines is 2. The molecule has 0 spiro atoms. The van der Waals surface area contributed by atoms with E-state index in [1.165, 1.54) is 4.88 Å². The van der Waals surface area contributed by atoms with Gasteiger partial charge in [0.25, 0.3) is 0 Å². The van der Waals surface area contributed by atoms with Gasteiger partial charge in [0.1, 0.15) is 5.82 Å². The van der Waals surface area contributed by atoms with E-state index in [0.717, 1.165) is 23.6 Å². The highest BCUT2D eigenvalue weighted by atomic mass is 32.1. The van der Waals surface area contributed by atoms with E-state index in [-0.39, 0.29) is 0 Å². The molecule has 2 rings (SSSR count). The van der Waals surface area contributed by atoms with Crippen LogP contribution >= 0.6 is 11.3 Å². The zero-order chi connectivity index (χ0) is 13.3. The van der Waals surface area contributed by atoms with Gasteiger partial charge in [-0.05, 0) is 25.3 Å². The largest absolute Gasteiger partial charge is 0.394 e. The van der Waals surface area contributed by atoms with Gasteiger partial charge in [-0.3, -0.25) is 4.68 Å². The van der Waals surface area contributed by atoms with Crippen LogP contribution in [0.5, 0.6) is 0 Å². The van der Waals surface area contributed by atoms with Gasteiger partial charge >= 0.3 is 0 Å². The first kappa shape index (κ1) is 13.0. The normalized spacial score (nSPS) is 12.7. The van der Waals surface area contributed by atoms with Gasteiger partial charge in [0.05, 0.1) is 11.4 Å². The number of nitrogen functional groups attached to an aromatic ring is 1. The van der Waals surface area contributed by atoms with Gasteiger partial charge in [0.2, 0.25) is 0 Å². The number of aryl methyl sites for hydroxylation is 2. The monoisotopic (exact) mass is 264 g/mol. The summed E-state index contributed by atoms with van der Waals surface area (Å²) in [5, 5.41) is 6.48. The summed E-state index contributed by atoms with van der Waals surface area (Å²) in [6, 6.07) is 4.66. The van der Waals surface area contributed by atoms with E-state index in [1.807, 2.05) is 18.7 Å². The highest BCUT2D eigenvalue weighted by Crippen LogP contribution is 2.27. The lowest BCUT2D eigenvalue weighted by Gasteiger charge is -2.27. The number of nitrogens with zero attached hydrogens (tertiary/aromatic N) is 3. The number of likely N-dealkylation sites (N-methyl/N-ethyl adjacent to an activating group) is 1. The van der Waals surface area contributed by atoms with Crippen LogP contribution in [0.2, 0.25) is 0 Å². The van der Waals surface area contributed by atoms with E-state index >= 15 is 0 Å². The Balaban J connectivity index is 2.17. The van der Waals surface area contributed by atoms with Crippen molar-refractivity contribution in [1.82, 2.24) is 9.78 Å². The first-order valence-corrected chi connectivity index (χ1v) is 6.93. The van der Waals surface area contributed by atoms with E-state index in [1.54, 1.807) is 11.3 Å². The van der Waals surface area contributed by atoms with Crippen molar-refractivity contribution in [1.29, 1.82) is 0 Å². The van der Waals surface area contributed by atoms with Gasteiger partial charge in [-0.1, -0.05) is 6.07 Å². The summed E-state index contributed by atoms with van der Waals surface area (Å²) in [4.78, 5) is 3.60. The molecule has 2 heterocycles. The minimum Gasteiger partial charge on any atom is -0.394 e. The molecular weight excluding hydrogens is 244 g/mol. The Morgan fingerprint density at radius 2 is 2.28 bits per heavy atom. The van der Waals surface area contributed by atoms with Crippen molar-refractivity contribution in [3.8, 4) is 0 Å².